The molecule has 0 rings (SSSR count). The van der Waals surface area contributed by atoms with Gasteiger partial charge in [0.25, 0.3) is 0 Å². The van der Waals surface area contributed by atoms with E-state index >= 15 is 0 Å². The Balaban J connectivity index is 3.18. The Morgan fingerprint density at radius 1 is 1.83 bits per heavy atom. The summed E-state index contributed by atoms with van der Waals surface area (Å²) in [5, 5.41) is 0. The smallest absolute Gasteiger partial charge is 0.139 e. The van der Waals surface area contributed by atoms with Crippen molar-refractivity contribution in [2.45, 2.75) is 0 Å². The number of hydrogen-bond acceptors (Lipinski definition) is 1. The van der Waals surface area contributed by atoms with Crippen LogP contribution in [-0.2, 0) is 0 Å². The van der Waals surface area contributed by atoms with Gasteiger partial charge < -0.3 is 5.73 Å². The van der Waals surface area contributed by atoms with E-state index in [1.54, 1.807) is 6.08 Å². The first-order valence-corrected chi connectivity index (χ1v) is 1.97. The van der Waals surface area contributed by atoms with Gasteiger partial charge in [-0.1, -0.05) is 5.98 Å². The molecule has 0 bridgehead atoms. The maximum absolute atomic E-state index is 5.08. The Morgan fingerprint density at radius 2 is 2.50 bits per heavy atom. The molecule has 0 aliphatic carbocycles. The van der Waals surface area contributed by atoms with Crippen molar-refractivity contribution in [1.29, 1.82) is 0 Å². The second-order valence-electron chi connectivity index (χ2n) is 0.895. The average Bonchev–Trinajstić information content (AvgIpc) is 1.61. The third kappa shape index (κ3) is 3.54. The van der Waals surface area contributed by atoms with Crippen LogP contribution < -0.4 is 5.73 Å². The Hall–Kier alpha value is -0.455. The normalized spacial score (nSPS) is 6.17. The van der Waals surface area contributed by atoms with Crippen LogP contribution in [0.2, 0.25) is 0 Å². The summed E-state index contributed by atoms with van der Waals surface area (Å²) >= 11 is 0. The van der Waals surface area contributed by atoms with Crippen molar-refractivity contribution >= 4 is 7.85 Å². The molecular formula is C4H8BN. The molecule has 0 aromatic carbocycles. The van der Waals surface area contributed by atoms with E-state index in [0.29, 0.717) is 6.54 Å². The van der Waals surface area contributed by atoms with Crippen LogP contribution in [0.4, 0.5) is 0 Å². The highest BCUT2D eigenvalue weighted by atomic mass is 14.5. The van der Waals surface area contributed by atoms with Gasteiger partial charge in [0.2, 0.25) is 0 Å². The maximum atomic E-state index is 5.08. The van der Waals surface area contributed by atoms with Gasteiger partial charge in [0.05, 0.1) is 0 Å². The van der Waals surface area contributed by atoms with Crippen molar-refractivity contribution in [3.05, 3.63) is 17.8 Å². The van der Waals surface area contributed by atoms with Crippen molar-refractivity contribution in [3.8, 4) is 0 Å². The Labute approximate surface area is 38.9 Å². The second-order valence-corrected chi connectivity index (χ2v) is 0.895. The van der Waals surface area contributed by atoms with Gasteiger partial charge in [-0.2, -0.15) is 0 Å². The van der Waals surface area contributed by atoms with E-state index in [9.17, 15) is 0 Å². The molecule has 0 amide bonds. The molecule has 0 saturated heterocycles. The monoisotopic (exact) mass is 81.1 g/mol. The molecule has 6 heavy (non-hydrogen) atoms. The van der Waals surface area contributed by atoms with Gasteiger partial charge in [-0.05, 0) is 6.08 Å². The third-order valence-electron chi connectivity index (χ3n) is 0.402. The van der Waals surface area contributed by atoms with Gasteiger partial charge in [-0.15, -0.1) is 5.73 Å². The summed E-state index contributed by atoms with van der Waals surface area (Å²) in [5.41, 5.74) is 7.90. The fraction of sp³-hybridized carbons (Fsp3) is 0.250. The van der Waals surface area contributed by atoms with Gasteiger partial charge in [0.15, 0.2) is 0 Å². The standard InChI is InChI=1S/C4H8BN/c5-3-1-2-4-6/h2-3H,4-6H2. The van der Waals surface area contributed by atoms with Crippen molar-refractivity contribution in [1.82, 2.24) is 0 Å². The first kappa shape index (κ1) is 5.54. The SMILES string of the molecule is BC=C=CCN. The molecule has 32 valence electrons. The molecule has 0 atom stereocenters. The van der Waals surface area contributed by atoms with Crippen molar-refractivity contribution < 1.29 is 0 Å². The van der Waals surface area contributed by atoms with Gasteiger partial charge in [-0.3, -0.25) is 0 Å². The molecule has 0 heterocycles. The lowest BCUT2D eigenvalue weighted by atomic mass is 10.2. The molecule has 0 aromatic heterocycles. The van der Waals surface area contributed by atoms with Crippen LogP contribution in [0.25, 0.3) is 0 Å². The molecule has 0 saturated carbocycles. The predicted octanol–water partition coefficient (Wildman–Crippen LogP) is -0.753. The molecule has 0 fully saturated rings. The predicted molar refractivity (Wildman–Crippen MR) is 30.3 cm³/mol. The summed E-state index contributed by atoms with van der Waals surface area (Å²) in [6.07, 6.45) is 1.78. The lowest BCUT2D eigenvalue weighted by Gasteiger charge is -1.64. The molecule has 2 N–H and O–H groups in total. The van der Waals surface area contributed by atoms with Gasteiger partial charge >= 0.3 is 0 Å². The number of rotatable bonds is 1. The van der Waals surface area contributed by atoms with E-state index in [4.69, 9.17) is 5.73 Å². The Morgan fingerprint density at radius 3 is 2.67 bits per heavy atom. The summed E-state index contributed by atoms with van der Waals surface area (Å²) in [6, 6.07) is 0. The first-order chi connectivity index (χ1) is 2.91. The Bertz CT molecular complexity index is 71.6. The van der Waals surface area contributed by atoms with Crippen molar-refractivity contribution in [2.75, 3.05) is 6.54 Å². The highest BCUT2D eigenvalue weighted by Crippen LogP contribution is 1.53. The minimum absolute atomic E-state index is 0.588. The summed E-state index contributed by atoms with van der Waals surface area (Å²) in [4.78, 5) is 0. The van der Waals surface area contributed by atoms with E-state index in [0.717, 1.165) is 0 Å². The molecule has 0 aliphatic rings. The zero-order valence-corrected chi connectivity index (χ0v) is 3.94. The highest BCUT2D eigenvalue weighted by molar-refractivity contribution is 6.16. The molecule has 0 unspecified atom stereocenters. The lowest BCUT2D eigenvalue weighted by molar-refractivity contribution is 1.26. The summed E-state index contributed by atoms with van der Waals surface area (Å²) in [6.45, 7) is 0.588. The van der Waals surface area contributed by atoms with Gasteiger partial charge in [-0.25, -0.2) is 0 Å². The zero-order valence-electron chi connectivity index (χ0n) is 3.94. The maximum Gasteiger partial charge on any atom is 0.139 e. The molecule has 0 radical (unpaired) electrons. The van der Waals surface area contributed by atoms with E-state index in [1.165, 1.54) is 0 Å². The quantitative estimate of drug-likeness (QED) is 0.326. The van der Waals surface area contributed by atoms with Crippen LogP contribution in [0, 0.1) is 0 Å². The number of hydrogen-bond donors (Lipinski definition) is 1. The average molecular weight is 80.9 g/mol. The number of nitrogens with two attached hydrogens (primary N) is 1. The van der Waals surface area contributed by atoms with E-state index in [-0.39, 0.29) is 0 Å². The van der Waals surface area contributed by atoms with Crippen LogP contribution in [0.3, 0.4) is 0 Å². The second kappa shape index (κ2) is 4.54. The van der Waals surface area contributed by atoms with Crippen LogP contribution >= 0.6 is 0 Å². The van der Waals surface area contributed by atoms with Crippen LogP contribution in [0.5, 0.6) is 0 Å². The first-order valence-electron chi connectivity index (χ1n) is 1.97. The molecular weight excluding hydrogens is 72.9 g/mol. The van der Waals surface area contributed by atoms with Crippen LogP contribution in [-0.4, -0.2) is 14.4 Å². The largest absolute Gasteiger partial charge is 0.326 e. The minimum Gasteiger partial charge on any atom is -0.326 e. The fourth-order valence-electron chi connectivity index (χ4n) is 0.186. The lowest BCUT2D eigenvalue weighted by Crippen LogP contribution is -1.90. The summed E-state index contributed by atoms with van der Waals surface area (Å²) in [5.74, 6) is 1.83. The summed E-state index contributed by atoms with van der Waals surface area (Å²) < 4.78 is 0. The fourth-order valence-corrected chi connectivity index (χ4v) is 0.186. The van der Waals surface area contributed by atoms with Crippen molar-refractivity contribution in [3.63, 3.8) is 0 Å². The third-order valence-corrected chi connectivity index (χ3v) is 0.402. The zero-order chi connectivity index (χ0) is 4.83. The van der Waals surface area contributed by atoms with Gasteiger partial charge in [0, 0.05) is 6.54 Å². The van der Waals surface area contributed by atoms with E-state index in [1.807, 2.05) is 13.8 Å². The van der Waals surface area contributed by atoms with Crippen molar-refractivity contribution in [2.24, 2.45) is 5.73 Å². The molecule has 0 aromatic rings. The van der Waals surface area contributed by atoms with Gasteiger partial charge in [0.1, 0.15) is 7.85 Å². The molecule has 0 aliphatic heterocycles. The molecule has 1 nitrogen and oxygen atoms in total. The summed E-state index contributed by atoms with van der Waals surface area (Å²) in [7, 11) is 1.91. The molecule has 0 spiro atoms. The van der Waals surface area contributed by atoms with E-state index < -0.39 is 0 Å². The van der Waals surface area contributed by atoms with Crippen LogP contribution in [0.15, 0.2) is 17.8 Å². The van der Waals surface area contributed by atoms with E-state index in [2.05, 4.69) is 5.73 Å². The molecule has 2 heteroatoms. The minimum atomic E-state index is 0.588. The highest BCUT2D eigenvalue weighted by Gasteiger charge is 1.51. The topological polar surface area (TPSA) is 26.0 Å². The Kier molecular flexibility index (Phi) is 4.20. The van der Waals surface area contributed by atoms with Crippen LogP contribution in [0.1, 0.15) is 0 Å².